The van der Waals surface area contributed by atoms with Crippen molar-refractivity contribution in [2.45, 2.75) is 44.3 Å². The topological polar surface area (TPSA) is 49.5 Å². The molecule has 0 aromatic heterocycles. The van der Waals surface area contributed by atoms with Crippen LogP contribution in [0.1, 0.15) is 37.8 Å². The van der Waals surface area contributed by atoms with Crippen LogP contribution in [0.3, 0.4) is 0 Å². The van der Waals surface area contributed by atoms with Crippen molar-refractivity contribution >= 4 is 15.9 Å². The van der Waals surface area contributed by atoms with Gasteiger partial charge in [-0.25, -0.2) is 0 Å². The molecule has 2 unspecified atom stereocenters. The molecule has 1 fully saturated rings. The molecule has 0 bridgehead atoms. The van der Waals surface area contributed by atoms with Gasteiger partial charge in [-0.3, -0.25) is 4.90 Å². The van der Waals surface area contributed by atoms with Crippen molar-refractivity contribution in [2.24, 2.45) is 5.73 Å². The van der Waals surface area contributed by atoms with Crippen molar-refractivity contribution in [1.29, 1.82) is 0 Å². The van der Waals surface area contributed by atoms with Crippen molar-refractivity contribution < 1.29 is 5.11 Å². The lowest BCUT2D eigenvalue weighted by molar-refractivity contribution is 0.0503. The maximum atomic E-state index is 9.35. The number of nitrogens with zero attached hydrogens (tertiary/aromatic N) is 1. The number of aliphatic hydroxyl groups excluding tert-OH is 1. The third-order valence-corrected chi connectivity index (χ3v) is 4.44. The molecule has 0 amide bonds. The minimum atomic E-state index is 0.0430. The minimum Gasteiger partial charge on any atom is -0.395 e. The number of hydrogen-bond acceptors (Lipinski definition) is 3. The highest BCUT2D eigenvalue weighted by molar-refractivity contribution is 9.10. The molecule has 0 aliphatic heterocycles. The summed E-state index contributed by atoms with van der Waals surface area (Å²) < 4.78 is 1.08. The minimum absolute atomic E-state index is 0.0430. The lowest BCUT2D eigenvalue weighted by atomic mass is 9.87. The first-order valence-electron chi connectivity index (χ1n) is 7.01. The van der Waals surface area contributed by atoms with Gasteiger partial charge in [0.1, 0.15) is 0 Å². The van der Waals surface area contributed by atoms with Gasteiger partial charge in [-0.1, -0.05) is 34.5 Å². The number of benzene rings is 1. The van der Waals surface area contributed by atoms with Crippen LogP contribution in [0, 0.1) is 0 Å². The molecule has 3 nitrogen and oxygen atoms in total. The predicted octanol–water partition coefficient (Wildman–Crippen LogP) is 2.68. The number of nitrogens with two attached hydrogens (primary N) is 1. The molecule has 4 heteroatoms. The second-order valence-corrected chi connectivity index (χ2v) is 6.32. The first-order chi connectivity index (χ1) is 9.13. The van der Waals surface area contributed by atoms with E-state index in [-0.39, 0.29) is 18.7 Å². The highest BCUT2D eigenvalue weighted by Gasteiger charge is 2.32. The van der Waals surface area contributed by atoms with E-state index in [4.69, 9.17) is 5.73 Å². The Bertz CT molecular complexity index is 407. The second-order valence-electron chi connectivity index (χ2n) is 5.41. The van der Waals surface area contributed by atoms with Crippen LogP contribution in [-0.4, -0.2) is 35.2 Å². The van der Waals surface area contributed by atoms with Gasteiger partial charge in [0.15, 0.2) is 0 Å². The zero-order valence-corrected chi connectivity index (χ0v) is 13.0. The quantitative estimate of drug-likeness (QED) is 0.845. The van der Waals surface area contributed by atoms with Crippen molar-refractivity contribution in [3.8, 4) is 0 Å². The molecule has 0 heterocycles. The fourth-order valence-electron chi connectivity index (χ4n) is 2.87. The summed E-state index contributed by atoms with van der Waals surface area (Å²) in [6, 6.07) is 9.13. The van der Waals surface area contributed by atoms with Gasteiger partial charge in [0, 0.05) is 23.1 Å². The molecule has 106 valence electrons. The first-order valence-corrected chi connectivity index (χ1v) is 7.80. The Morgan fingerprint density at radius 3 is 2.68 bits per heavy atom. The summed E-state index contributed by atoms with van der Waals surface area (Å²) in [6.45, 7) is 2.94. The summed E-state index contributed by atoms with van der Waals surface area (Å²) in [6.07, 6.45) is 3.73. The molecule has 0 saturated heterocycles. The third-order valence-electron chi connectivity index (χ3n) is 3.95. The molecule has 0 radical (unpaired) electrons. The van der Waals surface area contributed by atoms with Crippen molar-refractivity contribution in [1.82, 2.24) is 4.90 Å². The smallest absolute Gasteiger partial charge is 0.0558 e. The SMILES string of the molecule is CC(N)C(c1cccc(Br)c1)N(CCO)C1CCC1. The van der Waals surface area contributed by atoms with E-state index in [9.17, 15) is 5.11 Å². The summed E-state index contributed by atoms with van der Waals surface area (Å²) in [4.78, 5) is 2.38. The maximum absolute atomic E-state index is 9.35. The summed E-state index contributed by atoms with van der Waals surface area (Å²) >= 11 is 3.53. The number of rotatable bonds is 6. The van der Waals surface area contributed by atoms with E-state index < -0.39 is 0 Å². The molecule has 19 heavy (non-hydrogen) atoms. The largest absolute Gasteiger partial charge is 0.395 e. The van der Waals surface area contributed by atoms with Gasteiger partial charge in [-0.15, -0.1) is 0 Å². The van der Waals surface area contributed by atoms with Crippen LogP contribution in [-0.2, 0) is 0 Å². The zero-order chi connectivity index (χ0) is 13.8. The molecule has 1 aliphatic carbocycles. The lowest BCUT2D eigenvalue weighted by Crippen LogP contribution is -2.49. The Balaban J connectivity index is 2.26. The number of halogens is 1. The Labute approximate surface area is 123 Å². The van der Waals surface area contributed by atoms with Gasteiger partial charge in [0.2, 0.25) is 0 Å². The molecule has 1 aromatic rings. The van der Waals surface area contributed by atoms with Crippen LogP contribution in [0.5, 0.6) is 0 Å². The monoisotopic (exact) mass is 326 g/mol. The van der Waals surface area contributed by atoms with Crippen molar-refractivity contribution in [2.75, 3.05) is 13.2 Å². The van der Waals surface area contributed by atoms with E-state index >= 15 is 0 Å². The summed E-state index contributed by atoms with van der Waals surface area (Å²) in [7, 11) is 0. The predicted molar refractivity (Wildman–Crippen MR) is 82.0 cm³/mol. The summed E-state index contributed by atoms with van der Waals surface area (Å²) in [5.74, 6) is 0. The molecule has 1 saturated carbocycles. The summed E-state index contributed by atoms with van der Waals surface area (Å²) in [5.41, 5.74) is 7.45. The van der Waals surface area contributed by atoms with Crippen LogP contribution in [0.4, 0.5) is 0 Å². The Morgan fingerprint density at radius 2 is 2.21 bits per heavy atom. The Hall–Kier alpha value is -0.420. The van der Waals surface area contributed by atoms with Crippen molar-refractivity contribution in [3.05, 3.63) is 34.3 Å². The van der Waals surface area contributed by atoms with Crippen LogP contribution < -0.4 is 5.73 Å². The molecular formula is C15H23BrN2O. The van der Waals surface area contributed by atoms with Gasteiger partial charge < -0.3 is 10.8 Å². The van der Waals surface area contributed by atoms with Gasteiger partial charge in [0.25, 0.3) is 0 Å². The van der Waals surface area contributed by atoms with E-state index in [2.05, 4.69) is 39.9 Å². The second kappa shape index (κ2) is 6.84. The number of aliphatic hydroxyl groups is 1. The Morgan fingerprint density at radius 1 is 1.47 bits per heavy atom. The van der Waals surface area contributed by atoms with E-state index in [0.717, 1.165) is 4.47 Å². The first kappa shape index (κ1) is 15.0. The van der Waals surface area contributed by atoms with Gasteiger partial charge in [-0.2, -0.15) is 0 Å². The Kier molecular flexibility index (Phi) is 5.39. The van der Waals surface area contributed by atoms with Gasteiger partial charge >= 0.3 is 0 Å². The van der Waals surface area contributed by atoms with Crippen LogP contribution >= 0.6 is 15.9 Å². The lowest BCUT2D eigenvalue weighted by Gasteiger charge is -2.44. The average molecular weight is 327 g/mol. The zero-order valence-electron chi connectivity index (χ0n) is 11.4. The molecule has 1 aromatic carbocycles. The third kappa shape index (κ3) is 3.57. The van der Waals surface area contributed by atoms with E-state index in [0.29, 0.717) is 12.6 Å². The number of hydrogen-bond donors (Lipinski definition) is 2. The molecule has 1 aliphatic rings. The normalized spacial score (nSPS) is 19.2. The average Bonchev–Trinajstić information content (AvgIpc) is 2.26. The maximum Gasteiger partial charge on any atom is 0.0558 e. The van der Waals surface area contributed by atoms with Crippen molar-refractivity contribution in [3.63, 3.8) is 0 Å². The van der Waals surface area contributed by atoms with Gasteiger partial charge in [-0.05, 0) is 37.5 Å². The standard InChI is InChI=1S/C15H23BrN2O/c1-11(17)15(12-4-2-5-13(16)10-12)18(8-9-19)14-6-3-7-14/h2,4-5,10-11,14-15,19H,3,6-9,17H2,1H3. The van der Waals surface area contributed by atoms with Crippen LogP contribution in [0.15, 0.2) is 28.7 Å². The highest BCUT2D eigenvalue weighted by Crippen LogP contribution is 2.34. The molecule has 3 N–H and O–H groups in total. The highest BCUT2D eigenvalue weighted by atomic mass is 79.9. The van der Waals surface area contributed by atoms with E-state index in [1.165, 1.54) is 24.8 Å². The van der Waals surface area contributed by atoms with Crippen LogP contribution in [0.2, 0.25) is 0 Å². The molecular weight excluding hydrogens is 304 g/mol. The molecule has 2 rings (SSSR count). The van der Waals surface area contributed by atoms with E-state index in [1.807, 2.05) is 12.1 Å². The fraction of sp³-hybridized carbons (Fsp3) is 0.600. The van der Waals surface area contributed by atoms with Crippen LogP contribution in [0.25, 0.3) is 0 Å². The molecule has 0 spiro atoms. The summed E-state index contributed by atoms with van der Waals surface area (Å²) in [5, 5.41) is 9.35. The molecule has 2 atom stereocenters. The van der Waals surface area contributed by atoms with Gasteiger partial charge in [0.05, 0.1) is 12.6 Å². The van der Waals surface area contributed by atoms with E-state index in [1.54, 1.807) is 0 Å². The fourth-order valence-corrected chi connectivity index (χ4v) is 3.29.